The van der Waals surface area contributed by atoms with Gasteiger partial charge in [0.1, 0.15) is 16.9 Å². The molecule has 0 spiro atoms. The Bertz CT molecular complexity index is 820. The van der Waals surface area contributed by atoms with Crippen molar-refractivity contribution in [3.05, 3.63) is 35.4 Å². The van der Waals surface area contributed by atoms with Gasteiger partial charge in [0.25, 0.3) is 0 Å². The van der Waals surface area contributed by atoms with Gasteiger partial charge in [-0.3, -0.25) is 4.68 Å². The number of ether oxygens (including phenoxy) is 1. The van der Waals surface area contributed by atoms with Crippen molar-refractivity contribution in [2.75, 3.05) is 18.5 Å². The van der Waals surface area contributed by atoms with E-state index in [0.717, 1.165) is 23.1 Å². The van der Waals surface area contributed by atoms with Gasteiger partial charge in [0.05, 0.1) is 18.8 Å². The highest BCUT2D eigenvalue weighted by atomic mass is 35.5. The van der Waals surface area contributed by atoms with E-state index in [0.29, 0.717) is 31.4 Å². The largest absolute Gasteiger partial charge is 0.380 e. The predicted octanol–water partition coefficient (Wildman–Crippen LogP) is 3.22. The lowest BCUT2D eigenvalue weighted by Crippen LogP contribution is -2.09. The summed E-state index contributed by atoms with van der Waals surface area (Å²) in [5.41, 5.74) is 2.45. The Morgan fingerprint density at radius 1 is 1.25 bits per heavy atom. The smallest absolute Gasteiger partial charge is 0.225 e. The van der Waals surface area contributed by atoms with Crippen LogP contribution in [0.2, 0.25) is 5.28 Å². The van der Waals surface area contributed by atoms with E-state index in [4.69, 9.17) is 16.3 Å². The minimum atomic E-state index is 0.181. The van der Waals surface area contributed by atoms with Crippen molar-refractivity contribution >= 4 is 34.3 Å². The first kappa shape index (κ1) is 16.6. The van der Waals surface area contributed by atoms with Crippen molar-refractivity contribution in [2.45, 2.75) is 26.8 Å². The Balaban J connectivity index is 2.07. The molecule has 0 bridgehead atoms. The van der Waals surface area contributed by atoms with Crippen molar-refractivity contribution in [2.24, 2.45) is 0 Å². The van der Waals surface area contributed by atoms with E-state index in [-0.39, 0.29) is 5.28 Å². The zero-order chi connectivity index (χ0) is 16.9. The highest BCUT2D eigenvalue weighted by Gasteiger charge is 2.17. The molecule has 3 heterocycles. The van der Waals surface area contributed by atoms with Crippen LogP contribution in [0.15, 0.2) is 24.4 Å². The molecule has 0 saturated heterocycles. The third kappa shape index (κ3) is 3.47. The number of aryl methyl sites for hydroxylation is 1. The van der Waals surface area contributed by atoms with E-state index in [9.17, 15) is 0 Å². The molecule has 7 nitrogen and oxygen atoms in total. The summed E-state index contributed by atoms with van der Waals surface area (Å²) in [5.74, 6) is 1.27. The van der Waals surface area contributed by atoms with Gasteiger partial charge < -0.3 is 10.1 Å². The lowest BCUT2D eigenvalue weighted by atomic mass is 10.3. The number of rotatable bonds is 7. The standard InChI is InChI=1S/C16H19ClN6O/c1-3-11-13-14(23(22-11)9-10-24-4-2)15(21-16(17)20-13)19-12-7-5-6-8-18-12/h5-8H,3-4,9-10H2,1-2H3,(H,18,19,20,21). The number of nitrogens with one attached hydrogen (secondary N) is 1. The lowest BCUT2D eigenvalue weighted by molar-refractivity contribution is 0.137. The summed E-state index contributed by atoms with van der Waals surface area (Å²) in [6.45, 7) is 5.86. The topological polar surface area (TPSA) is 77.8 Å². The first-order valence-corrected chi connectivity index (χ1v) is 8.29. The maximum Gasteiger partial charge on any atom is 0.225 e. The first-order chi connectivity index (χ1) is 11.7. The number of fused-ring (bicyclic) bond motifs is 1. The van der Waals surface area contributed by atoms with Gasteiger partial charge in [0, 0.05) is 12.8 Å². The number of hydrogen-bond donors (Lipinski definition) is 1. The van der Waals surface area contributed by atoms with Gasteiger partial charge in [-0.15, -0.1) is 0 Å². The van der Waals surface area contributed by atoms with E-state index in [2.05, 4.69) is 25.4 Å². The van der Waals surface area contributed by atoms with Crippen LogP contribution in [0.25, 0.3) is 11.0 Å². The van der Waals surface area contributed by atoms with Crippen molar-refractivity contribution < 1.29 is 4.74 Å². The minimum absolute atomic E-state index is 0.181. The fourth-order valence-electron chi connectivity index (χ4n) is 2.46. The van der Waals surface area contributed by atoms with Gasteiger partial charge >= 0.3 is 0 Å². The fraction of sp³-hybridized carbons (Fsp3) is 0.375. The molecule has 0 aromatic carbocycles. The summed E-state index contributed by atoms with van der Waals surface area (Å²) < 4.78 is 7.32. The average Bonchev–Trinajstić information content (AvgIpc) is 2.94. The van der Waals surface area contributed by atoms with Crippen LogP contribution in [-0.4, -0.2) is 37.9 Å². The highest BCUT2D eigenvalue weighted by molar-refractivity contribution is 6.28. The summed E-state index contributed by atoms with van der Waals surface area (Å²) in [6, 6.07) is 5.62. The SMILES string of the molecule is CCOCCn1nc(CC)c2nc(Cl)nc(Nc3ccccn3)c21. The summed E-state index contributed by atoms with van der Waals surface area (Å²) in [4.78, 5) is 13.0. The van der Waals surface area contributed by atoms with E-state index in [1.807, 2.05) is 36.7 Å². The Hall–Kier alpha value is -2.25. The van der Waals surface area contributed by atoms with Crippen molar-refractivity contribution in [3.63, 3.8) is 0 Å². The van der Waals surface area contributed by atoms with E-state index in [1.54, 1.807) is 6.20 Å². The van der Waals surface area contributed by atoms with E-state index < -0.39 is 0 Å². The van der Waals surface area contributed by atoms with Crippen molar-refractivity contribution in [1.29, 1.82) is 0 Å². The van der Waals surface area contributed by atoms with Gasteiger partial charge in [-0.05, 0) is 37.1 Å². The number of aromatic nitrogens is 5. The van der Waals surface area contributed by atoms with E-state index >= 15 is 0 Å². The van der Waals surface area contributed by atoms with Crippen LogP contribution < -0.4 is 5.32 Å². The van der Waals surface area contributed by atoms with Crippen LogP contribution in [0.1, 0.15) is 19.5 Å². The molecule has 8 heteroatoms. The molecule has 1 N–H and O–H groups in total. The number of anilines is 2. The van der Waals surface area contributed by atoms with Crippen LogP contribution in [0.3, 0.4) is 0 Å². The zero-order valence-corrected chi connectivity index (χ0v) is 14.4. The molecule has 3 rings (SSSR count). The Morgan fingerprint density at radius 2 is 2.12 bits per heavy atom. The van der Waals surface area contributed by atoms with Crippen molar-refractivity contribution in [1.82, 2.24) is 24.7 Å². The minimum Gasteiger partial charge on any atom is -0.380 e. The van der Waals surface area contributed by atoms with Gasteiger partial charge in [-0.2, -0.15) is 10.1 Å². The summed E-state index contributed by atoms with van der Waals surface area (Å²) in [5, 5.41) is 8.03. The third-order valence-electron chi connectivity index (χ3n) is 3.53. The monoisotopic (exact) mass is 346 g/mol. The van der Waals surface area contributed by atoms with Crippen LogP contribution in [0.4, 0.5) is 11.6 Å². The molecule has 0 radical (unpaired) electrons. The van der Waals surface area contributed by atoms with Crippen LogP contribution >= 0.6 is 11.6 Å². The third-order valence-corrected chi connectivity index (χ3v) is 3.70. The van der Waals surface area contributed by atoms with Crippen molar-refractivity contribution in [3.8, 4) is 0 Å². The molecular weight excluding hydrogens is 328 g/mol. The van der Waals surface area contributed by atoms with Gasteiger partial charge in [-0.25, -0.2) is 9.97 Å². The molecule has 3 aromatic rings. The maximum atomic E-state index is 6.11. The molecule has 0 aliphatic carbocycles. The van der Waals surface area contributed by atoms with E-state index in [1.165, 1.54) is 0 Å². The molecule has 126 valence electrons. The quantitative estimate of drug-likeness (QED) is 0.523. The predicted molar refractivity (Wildman–Crippen MR) is 93.7 cm³/mol. The summed E-state index contributed by atoms with van der Waals surface area (Å²) >= 11 is 6.11. The summed E-state index contributed by atoms with van der Waals surface area (Å²) in [7, 11) is 0. The fourth-order valence-corrected chi connectivity index (χ4v) is 2.63. The Labute approximate surface area is 145 Å². The molecular formula is C16H19ClN6O. The van der Waals surface area contributed by atoms with Gasteiger partial charge in [-0.1, -0.05) is 13.0 Å². The average molecular weight is 347 g/mol. The second-order valence-corrected chi connectivity index (χ2v) is 5.44. The molecule has 0 amide bonds. The Kier molecular flexibility index (Phi) is 5.22. The van der Waals surface area contributed by atoms with Crippen LogP contribution in [0, 0.1) is 0 Å². The molecule has 0 atom stereocenters. The summed E-state index contributed by atoms with van der Waals surface area (Å²) in [6.07, 6.45) is 2.47. The highest BCUT2D eigenvalue weighted by Crippen LogP contribution is 2.27. The molecule has 3 aromatic heterocycles. The maximum absolute atomic E-state index is 6.11. The second-order valence-electron chi connectivity index (χ2n) is 5.10. The molecule has 0 aliphatic rings. The first-order valence-electron chi connectivity index (χ1n) is 7.91. The Morgan fingerprint density at radius 3 is 2.83 bits per heavy atom. The number of halogens is 1. The molecule has 24 heavy (non-hydrogen) atoms. The van der Waals surface area contributed by atoms with Gasteiger partial charge in [0.2, 0.25) is 5.28 Å². The number of hydrogen-bond acceptors (Lipinski definition) is 6. The van der Waals surface area contributed by atoms with Gasteiger partial charge in [0.15, 0.2) is 5.82 Å². The molecule has 0 unspecified atom stereocenters. The number of nitrogens with zero attached hydrogens (tertiary/aromatic N) is 5. The zero-order valence-electron chi connectivity index (χ0n) is 13.7. The molecule has 0 fully saturated rings. The molecule has 0 saturated carbocycles. The van der Waals surface area contributed by atoms with Crippen LogP contribution in [0.5, 0.6) is 0 Å². The molecule has 0 aliphatic heterocycles. The normalized spacial score (nSPS) is 11.1. The second kappa shape index (κ2) is 7.55. The van der Waals surface area contributed by atoms with Crippen LogP contribution in [-0.2, 0) is 17.7 Å². The lowest BCUT2D eigenvalue weighted by Gasteiger charge is -2.09. The number of pyridine rings is 1.